The van der Waals surface area contributed by atoms with E-state index in [1.54, 1.807) is 18.8 Å². The normalized spacial score (nSPS) is 19.5. The van der Waals surface area contributed by atoms with Gasteiger partial charge in [-0.05, 0) is 42.3 Å². The molecule has 0 radical (unpaired) electrons. The van der Waals surface area contributed by atoms with Crippen LogP contribution in [0.25, 0.3) is 11.1 Å². The molecule has 0 spiro atoms. The second-order valence-electron chi connectivity index (χ2n) is 6.16. The Labute approximate surface area is 173 Å². The molecule has 27 heavy (non-hydrogen) atoms. The summed E-state index contributed by atoms with van der Waals surface area (Å²) < 4.78 is 0.604. The highest BCUT2D eigenvalue weighted by Crippen LogP contribution is 2.47. The number of nitrogens with zero attached hydrogens (tertiary/aromatic N) is 2. The number of carbonyl (C=O) groups excluding carboxylic acids is 1. The predicted octanol–water partition coefficient (Wildman–Crippen LogP) is 5.50. The molecule has 136 valence electrons. The fourth-order valence-corrected chi connectivity index (χ4v) is 5.30. The van der Waals surface area contributed by atoms with Crippen molar-refractivity contribution in [2.75, 3.05) is 18.5 Å². The van der Waals surface area contributed by atoms with Crippen molar-refractivity contribution >= 4 is 51.7 Å². The smallest absolute Gasteiger partial charge is 0.265 e. The number of rotatable bonds is 3. The lowest BCUT2D eigenvalue weighted by Crippen LogP contribution is -2.22. The number of thiocarbonyl (C=S) groups is 1. The number of benzene rings is 2. The van der Waals surface area contributed by atoms with Crippen LogP contribution in [0.4, 0.5) is 5.69 Å². The predicted molar refractivity (Wildman–Crippen MR) is 120 cm³/mol. The molecule has 4 rings (SSSR count). The zero-order chi connectivity index (χ0) is 19.0. The monoisotopic (exact) mass is 410 g/mol. The largest absolute Gasteiger partial charge is 0.335 e. The Morgan fingerprint density at radius 2 is 1.81 bits per heavy atom. The van der Waals surface area contributed by atoms with Crippen LogP contribution in [0.2, 0.25) is 0 Å². The van der Waals surface area contributed by atoms with Crippen molar-refractivity contribution in [3.8, 4) is 11.1 Å². The second-order valence-corrected chi connectivity index (χ2v) is 8.90. The Morgan fingerprint density at radius 1 is 1.04 bits per heavy atom. The fourth-order valence-electron chi connectivity index (χ4n) is 3.07. The molecule has 0 bridgehead atoms. The zero-order valence-corrected chi connectivity index (χ0v) is 17.5. The average molecular weight is 411 g/mol. The SMILES string of the molecule is CCN1/C(=C\C=C2/SC(=S)N(C)C2=O)Sc2ccc(-c3ccccc3)cc21. The van der Waals surface area contributed by atoms with E-state index in [0.717, 1.165) is 11.6 Å². The van der Waals surface area contributed by atoms with Gasteiger partial charge < -0.3 is 4.90 Å². The highest BCUT2D eigenvalue weighted by molar-refractivity contribution is 8.26. The summed E-state index contributed by atoms with van der Waals surface area (Å²) in [5, 5.41) is 1.12. The Morgan fingerprint density at radius 3 is 2.48 bits per heavy atom. The summed E-state index contributed by atoms with van der Waals surface area (Å²) in [5.74, 6) is -0.0308. The number of amides is 1. The van der Waals surface area contributed by atoms with Crippen LogP contribution in [-0.4, -0.2) is 28.7 Å². The molecule has 2 aliphatic heterocycles. The molecule has 1 saturated heterocycles. The standard InChI is InChI=1S/C21H18N2OS3/c1-3-23-16-13-15(14-7-5-4-6-8-14)9-10-17(16)26-19(23)12-11-18-20(24)22(2)21(25)27-18/h4-13H,3H2,1-2H3/b18-11-,19-12+. The fraction of sp³-hybridized carbons (Fsp3) is 0.143. The van der Waals surface area contributed by atoms with E-state index in [4.69, 9.17) is 12.2 Å². The molecule has 0 atom stereocenters. The summed E-state index contributed by atoms with van der Waals surface area (Å²) in [6.45, 7) is 3.01. The number of fused-ring (bicyclic) bond motifs is 1. The van der Waals surface area contributed by atoms with Crippen molar-refractivity contribution in [3.63, 3.8) is 0 Å². The zero-order valence-electron chi connectivity index (χ0n) is 15.0. The van der Waals surface area contributed by atoms with Gasteiger partial charge in [0.05, 0.1) is 15.6 Å². The number of carbonyl (C=O) groups is 1. The van der Waals surface area contributed by atoms with Crippen molar-refractivity contribution in [2.45, 2.75) is 11.8 Å². The molecule has 0 N–H and O–H groups in total. The molecule has 3 nitrogen and oxygen atoms in total. The first-order valence-corrected chi connectivity index (χ1v) is 10.7. The van der Waals surface area contributed by atoms with E-state index in [1.165, 1.54) is 38.4 Å². The first-order chi connectivity index (χ1) is 13.1. The van der Waals surface area contributed by atoms with Crippen molar-refractivity contribution in [3.05, 3.63) is 70.6 Å². The van der Waals surface area contributed by atoms with Gasteiger partial charge in [0.15, 0.2) is 0 Å². The third-order valence-corrected chi connectivity index (χ3v) is 7.15. The van der Waals surface area contributed by atoms with Crippen LogP contribution in [0, 0.1) is 0 Å². The van der Waals surface area contributed by atoms with E-state index in [0.29, 0.717) is 9.23 Å². The minimum absolute atomic E-state index is 0.0308. The number of thioether (sulfide) groups is 2. The van der Waals surface area contributed by atoms with Crippen LogP contribution in [0.15, 0.2) is 75.5 Å². The van der Waals surface area contributed by atoms with Gasteiger partial charge in [-0.15, -0.1) is 0 Å². The van der Waals surface area contributed by atoms with Gasteiger partial charge in [-0.25, -0.2) is 0 Å². The van der Waals surface area contributed by atoms with Gasteiger partial charge in [0, 0.05) is 18.5 Å². The second kappa shape index (κ2) is 7.54. The highest BCUT2D eigenvalue weighted by Gasteiger charge is 2.29. The lowest BCUT2D eigenvalue weighted by atomic mass is 10.0. The van der Waals surface area contributed by atoms with Crippen molar-refractivity contribution < 1.29 is 4.79 Å². The van der Waals surface area contributed by atoms with Gasteiger partial charge in [0.2, 0.25) is 0 Å². The Hall–Kier alpha value is -2.02. The number of hydrogen-bond donors (Lipinski definition) is 0. The molecule has 0 unspecified atom stereocenters. The van der Waals surface area contributed by atoms with Crippen LogP contribution in [0.1, 0.15) is 6.92 Å². The summed E-state index contributed by atoms with van der Waals surface area (Å²) in [6, 6.07) is 17.0. The molecular formula is C21H18N2OS3. The van der Waals surface area contributed by atoms with Crippen molar-refractivity contribution in [1.82, 2.24) is 4.90 Å². The van der Waals surface area contributed by atoms with E-state index in [-0.39, 0.29) is 5.91 Å². The minimum atomic E-state index is -0.0308. The molecule has 2 aliphatic rings. The summed E-state index contributed by atoms with van der Waals surface area (Å²) >= 11 is 8.29. The number of allylic oxidation sites excluding steroid dienone is 2. The molecule has 1 amide bonds. The van der Waals surface area contributed by atoms with Crippen LogP contribution >= 0.6 is 35.7 Å². The lowest BCUT2D eigenvalue weighted by molar-refractivity contribution is -0.121. The lowest BCUT2D eigenvalue weighted by Gasteiger charge is -2.18. The molecule has 2 aromatic carbocycles. The highest BCUT2D eigenvalue weighted by atomic mass is 32.2. The van der Waals surface area contributed by atoms with Crippen LogP contribution < -0.4 is 4.90 Å². The number of hydrogen-bond acceptors (Lipinski definition) is 5. The first kappa shape index (κ1) is 18.3. The third-order valence-electron chi connectivity index (χ3n) is 4.52. The van der Waals surface area contributed by atoms with E-state index >= 15 is 0 Å². The van der Waals surface area contributed by atoms with Crippen LogP contribution in [0.3, 0.4) is 0 Å². The molecule has 0 saturated carbocycles. The molecule has 2 aromatic rings. The van der Waals surface area contributed by atoms with Gasteiger partial charge in [0.25, 0.3) is 5.91 Å². The van der Waals surface area contributed by atoms with Crippen LogP contribution in [-0.2, 0) is 4.79 Å². The maximum Gasteiger partial charge on any atom is 0.265 e. The van der Waals surface area contributed by atoms with Crippen molar-refractivity contribution in [2.24, 2.45) is 0 Å². The van der Waals surface area contributed by atoms with Gasteiger partial charge in [0.1, 0.15) is 4.32 Å². The number of likely N-dealkylation sites (N-methyl/N-ethyl adjacent to an activating group) is 1. The van der Waals surface area contributed by atoms with E-state index in [2.05, 4.69) is 54.3 Å². The summed E-state index contributed by atoms with van der Waals surface area (Å²) in [4.78, 5) is 17.9. The van der Waals surface area contributed by atoms with E-state index in [1.807, 2.05) is 18.2 Å². The quantitative estimate of drug-likeness (QED) is 0.491. The molecule has 0 aromatic heterocycles. The minimum Gasteiger partial charge on any atom is -0.335 e. The van der Waals surface area contributed by atoms with E-state index in [9.17, 15) is 4.79 Å². The molecule has 6 heteroatoms. The maximum atomic E-state index is 12.2. The van der Waals surface area contributed by atoms with Gasteiger partial charge in [-0.3, -0.25) is 9.69 Å². The Kier molecular flexibility index (Phi) is 5.12. The molecule has 0 aliphatic carbocycles. The first-order valence-electron chi connectivity index (χ1n) is 8.65. The summed E-state index contributed by atoms with van der Waals surface area (Å²) in [5.41, 5.74) is 3.64. The summed E-state index contributed by atoms with van der Waals surface area (Å²) in [6.07, 6.45) is 3.91. The Bertz CT molecular complexity index is 982. The third kappa shape index (κ3) is 3.45. The topological polar surface area (TPSA) is 23.6 Å². The van der Waals surface area contributed by atoms with Crippen LogP contribution in [0.5, 0.6) is 0 Å². The average Bonchev–Trinajstić information content (AvgIpc) is 3.18. The molecule has 2 heterocycles. The van der Waals surface area contributed by atoms with Crippen molar-refractivity contribution in [1.29, 1.82) is 0 Å². The Balaban J connectivity index is 1.65. The molecule has 1 fully saturated rings. The van der Waals surface area contributed by atoms with E-state index < -0.39 is 0 Å². The maximum absolute atomic E-state index is 12.2. The summed E-state index contributed by atoms with van der Waals surface area (Å²) in [7, 11) is 1.72. The molecular weight excluding hydrogens is 392 g/mol. The van der Waals surface area contributed by atoms with Gasteiger partial charge >= 0.3 is 0 Å². The van der Waals surface area contributed by atoms with Gasteiger partial charge in [-0.2, -0.15) is 0 Å². The number of anilines is 1. The van der Waals surface area contributed by atoms with Gasteiger partial charge in [-0.1, -0.05) is 72.1 Å².